The normalized spacial score (nSPS) is 10.8. The molecule has 0 spiro atoms. The second kappa shape index (κ2) is 4.00. The Morgan fingerprint density at radius 1 is 1.47 bits per heavy atom. The van der Waals surface area contributed by atoms with Gasteiger partial charge in [-0.3, -0.25) is 9.36 Å². The summed E-state index contributed by atoms with van der Waals surface area (Å²) in [5.41, 5.74) is 0.635. The molecule has 0 radical (unpaired) electrons. The first-order valence-electron chi connectivity index (χ1n) is 5.05. The predicted molar refractivity (Wildman–Crippen MR) is 57.8 cm³/mol. The van der Waals surface area contributed by atoms with E-state index < -0.39 is 0 Å². The van der Waals surface area contributed by atoms with Crippen molar-refractivity contribution in [2.75, 3.05) is 0 Å². The molecule has 0 aliphatic carbocycles. The summed E-state index contributed by atoms with van der Waals surface area (Å²) < 4.78 is 7.32. The van der Waals surface area contributed by atoms with Gasteiger partial charge >= 0.3 is 5.69 Å². The molecule has 0 aliphatic heterocycles. The lowest BCUT2D eigenvalue weighted by Gasteiger charge is -1.99. The van der Waals surface area contributed by atoms with Crippen LogP contribution in [0.25, 0.3) is 0 Å². The van der Waals surface area contributed by atoms with E-state index in [2.05, 4.69) is 10.3 Å². The fourth-order valence-electron chi connectivity index (χ4n) is 1.65. The first-order valence-corrected chi connectivity index (χ1v) is 5.05. The summed E-state index contributed by atoms with van der Waals surface area (Å²) in [6, 6.07) is 0. The minimum atomic E-state index is -0.329. The van der Waals surface area contributed by atoms with E-state index in [4.69, 9.17) is 4.52 Å². The summed E-state index contributed by atoms with van der Waals surface area (Å²) >= 11 is 0. The van der Waals surface area contributed by atoms with Crippen molar-refractivity contribution in [3.63, 3.8) is 0 Å². The Morgan fingerprint density at radius 2 is 2.18 bits per heavy atom. The van der Waals surface area contributed by atoms with E-state index in [9.17, 15) is 9.59 Å². The molecule has 0 amide bonds. The van der Waals surface area contributed by atoms with Crippen LogP contribution in [0.5, 0.6) is 0 Å². The van der Waals surface area contributed by atoms with Gasteiger partial charge in [-0.1, -0.05) is 5.16 Å². The number of hydrogen-bond acceptors (Lipinski definition) is 5. The van der Waals surface area contributed by atoms with E-state index >= 15 is 0 Å². The maximum absolute atomic E-state index is 12.0. The van der Waals surface area contributed by atoms with Gasteiger partial charge in [0.25, 0.3) is 0 Å². The van der Waals surface area contributed by atoms with E-state index in [0.717, 1.165) is 0 Å². The third-order valence-corrected chi connectivity index (χ3v) is 2.51. The van der Waals surface area contributed by atoms with Crippen molar-refractivity contribution < 1.29 is 9.32 Å². The molecule has 7 heteroatoms. The zero-order valence-corrected chi connectivity index (χ0v) is 9.80. The van der Waals surface area contributed by atoms with Crippen molar-refractivity contribution in [1.82, 2.24) is 19.5 Å². The molecule has 0 atom stereocenters. The van der Waals surface area contributed by atoms with E-state index in [1.165, 1.54) is 22.6 Å². The molecule has 2 heterocycles. The van der Waals surface area contributed by atoms with Crippen molar-refractivity contribution in [3.8, 4) is 0 Å². The number of carbonyl (C=O) groups excluding carboxylic acids is 1. The molecule has 0 aliphatic rings. The van der Waals surface area contributed by atoms with E-state index in [-0.39, 0.29) is 18.0 Å². The number of aryl methyl sites for hydroxylation is 3. The van der Waals surface area contributed by atoms with Crippen LogP contribution >= 0.6 is 0 Å². The molecule has 0 bridgehead atoms. The number of hydrogen-bond donors (Lipinski definition) is 0. The Kier molecular flexibility index (Phi) is 2.66. The van der Waals surface area contributed by atoms with Gasteiger partial charge in [0.2, 0.25) is 0 Å². The maximum atomic E-state index is 12.0. The van der Waals surface area contributed by atoms with Crippen LogP contribution in [0.1, 0.15) is 21.8 Å². The number of ketones is 1. The Bertz CT molecular complexity index is 600. The molecule has 0 aromatic carbocycles. The summed E-state index contributed by atoms with van der Waals surface area (Å²) in [7, 11) is 1.53. The van der Waals surface area contributed by atoms with Crippen LogP contribution in [0.15, 0.2) is 15.6 Å². The average Bonchev–Trinajstić information content (AvgIpc) is 2.76. The van der Waals surface area contributed by atoms with Crippen LogP contribution in [0.4, 0.5) is 0 Å². The highest BCUT2D eigenvalue weighted by atomic mass is 16.5. The number of Topliss-reactive ketones (excluding diaryl/α,β-unsaturated/α-hetero) is 1. The minimum absolute atomic E-state index is 0.0600. The van der Waals surface area contributed by atoms with E-state index in [1.807, 2.05) is 0 Å². The first kappa shape index (κ1) is 11.3. The van der Waals surface area contributed by atoms with Crippen molar-refractivity contribution >= 4 is 5.78 Å². The summed E-state index contributed by atoms with van der Waals surface area (Å²) in [6.07, 6.45) is 1.33. The third-order valence-electron chi connectivity index (χ3n) is 2.51. The molecular formula is C10H12N4O3. The molecule has 7 nitrogen and oxygen atoms in total. The molecule has 2 aromatic rings. The molecule has 90 valence electrons. The van der Waals surface area contributed by atoms with Crippen LogP contribution in [0.2, 0.25) is 0 Å². The fourth-order valence-corrected chi connectivity index (χ4v) is 1.65. The van der Waals surface area contributed by atoms with Crippen LogP contribution < -0.4 is 5.69 Å². The van der Waals surface area contributed by atoms with E-state index in [1.54, 1.807) is 13.8 Å². The molecule has 0 fully saturated rings. The Balaban J connectivity index is 2.29. The molecule has 17 heavy (non-hydrogen) atoms. The zero-order valence-electron chi connectivity index (χ0n) is 9.80. The van der Waals surface area contributed by atoms with Gasteiger partial charge in [-0.2, -0.15) is 5.10 Å². The van der Waals surface area contributed by atoms with Crippen molar-refractivity contribution in [3.05, 3.63) is 33.8 Å². The van der Waals surface area contributed by atoms with Crippen molar-refractivity contribution in [2.45, 2.75) is 20.4 Å². The van der Waals surface area contributed by atoms with Gasteiger partial charge in [-0.25, -0.2) is 9.48 Å². The average molecular weight is 236 g/mol. The summed E-state index contributed by atoms with van der Waals surface area (Å²) in [4.78, 5) is 23.5. The Labute approximate surface area is 96.6 Å². The summed E-state index contributed by atoms with van der Waals surface area (Å²) in [5, 5.41) is 7.47. The number of rotatable bonds is 3. The topological polar surface area (TPSA) is 82.9 Å². The highest BCUT2D eigenvalue weighted by Crippen LogP contribution is 2.13. The second-order valence-electron chi connectivity index (χ2n) is 3.79. The van der Waals surface area contributed by atoms with Crippen LogP contribution in [0.3, 0.4) is 0 Å². The predicted octanol–water partition coefficient (Wildman–Crippen LogP) is 0.0695. The Morgan fingerprint density at radius 3 is 2.65 bits per heavy atom. The first-order chi connectivity index (χ1) is 8.00. The Hall–Kier alpha value is -2.18. The lowest BCUT2D eigenvalue weighted by molar-refractivity contribution is 0.0968. The molecule has 0 N–H and O–H groups in total. The minimum Gasteiger partial charge on any atom is -0.361 e. The van der Waals surface area contributed by atoms with Crippen molar-refractivity contribution in [2.24, 2.45) is 7.05 Å². The molecule has 2 aromatic heterocycles. The van der Waals surface area contributed by atoms with Gasteiger partial charge in [0.1, 0.15) is 12.1 Å². The van der Waals surface area contributed by atoms with Gasteiger partial charge in [-0.15, -0.1) is 0 Å². The van der Waals surface area contributed by atoms with Crippen LogP contribution in [-0.2, 0) is 13.6 Å². The lowest BCUT2D eigenvalue weighted by Crippen LogP contribution is -2.25. The second-order valence-corrected chi connectivity index (χ2v) is 3.79. The maximum Gasteiger partial charge on any atom is 0.345 e. The van der Waals surface area contributed by atoms with Gasteiger partial charge in [0.05, 0.1) is 17.8 Å². The number of nitrogens with zero attached hydrogens (tertiary/aromatic N) is 4. The van der Waals surface area contributed by atoms with Crippen molar-refractivity contribution in [1.29, 1.82) is 0 Å². The highest BCUT2D eigenvalue weighted by Gasteiger charge is 2.18. The highest BCUT2D eigenvalue weighted by molar-refractivity contribution is 5.97. The molecule has 2 rings (SSSR count). The summed E-state index contributed by atoms with van der Waals surface area (Å²) in [6.45, 7) is 3.30. The molecular weight excluding hydrogens is 224 g/mol. The van der Waals surface area contributed by atoms with E-state index in [0.29, 0.717) is 17.0 Å². The largest absolute Gasteiger partial charge is 0.361 e. The third kappa shape index (κ3) is 1.91. The van der Waals surface area contributed by atoms with Crippen LogP contribution in [0, 0.1) is 13.8 Å². The summed E-state index contributed by atoms with van der Waals surface area (Å²) in [5.74, 6) is 0.251. The number of aromatic nitrogens is 4. The fraction of sp³-hybridized carbons (Fsp3) is 0.400. The SMILES string of the molecule is Cc1noc(C)c1C(=O)Cn1cnn(C)c1=O. The quantitative estimate of drug-likeness (QED) is 0.704. The van der Waals surface area contributed by atoms with Gasteiger partial charge in [0.15, 0.2) is 5.78 Å². The number of carbonyl (C=O) groups is 1. The van der Waals surface area contributed by atoms with Gasteiger partial charge in [-0.05, 0) is 13.8 Å². The van der Waals surface area contributed by atoms with Crippen LogP contribution in [-0.4, -0.2) is 25.3 Å². The standard InChI is InChI=1S/C10H12N4O3/c1-6-9(7(2)17-12-6)8(15)4-14-5-11-13(3)10(14)16/h5H,4H2,1-3H3. The smallest absolute Gasteiger partial charge is 0.345 e. The van der Waals surface area contributed by atoms with Gasteiger partial charge in [0, 0.05) is 7.05 Å². The monoisotopic (exact) mass is 236 g/mol. The molecule has 0 saturated carbocycles. The molecule has 0 unspecified atom stereocenters. The lowest BCUT2D eigenvalue weighted by atomic mass is 10.1. The molecule has 0 saturated heterocycles. The zero-order chi connectivity index (χ0) is 12.6. The van der Waals surface area contributed by atoms with Gasteiger partial charge < -0.3 is 4.52 Å².